The third-order valence-corrected chi connectivity index (χ3v) is 5.96. The average Bonchev–Trinajstić information content (AvgIpc) is 3.08. The van der Waals surface area contributed by atoms with Gasteiger partial charge in [-0.05, 0) is 62.7 Å². The van der Waals surface area contributed by atoms with Crippen LogP contribution in [0, 0.1) is 11.8 Å². The molecule has 2 unspecified atom stereocenters. The standard InChI is InChI=1S/C21H33N3O.2ClH/c1-17(19-9-11-22-12-10-19)14-21(25)23-15-20-8-5-13-24(20)16-18-6-3-2-4-7-18;;/h2-4,6-7,17,19-20,22H,5,8-16H2,1H3,(H,23,25);2*1H. The maximum Gasteiger partial charge on any atom is 0.220 e. The Hall–Kier alpha value is -0.810. The van der Waals surface area contributed by atoms with E-state index in [9.17, 15) is 4.79 Å². The van der Waals surface area contributed by atoms with E-state index in [0.717, 1.165) is 32.7 Å². The van der Waals surface area contributed by atoms with Crippen molar-refractivity contribution < 1.29 is 4.79 Å². The van der Waals surface area contributed by atoms with Crippen LogP contribution in [0.3, 0.4) is 0 Å². The fourth-order valence-electron chi connectivity index (χ4n) is 4.33. The molecule has 2 aliphatic heterocycles. The summed E-state index contributed by atoms with van der Waals surface area (Å²) in [6.07, 6.45) is 5.52. The Bertz CT molecular complexity index is 537. The van der Waals surface area contributed by atoms with Gasteiger partial charge in [-0.2, -0.15) is 0 Å². The lowest BCUT2D eigenvalue weighted by molar-refractivity contribution is -0.122. The summed E-state index contributed by atoms with van der Waals surface area (Å²) < 4.78 is 0. The molecule has 0 aliphatic carbocycles. The first-order valence-corrected chi connectivity index (χ1v) is 9.98. The Balaban J connectivity index is 0.00000182. The number of benzene rings is 1. The first-order chi connectivity index (χ1) is 12.2. The molecule has 2 N–H and O–H groups in total. The van der Waals surface area contributed by atoms with Gasteiger partial charge in [-0.15, -0.1) is 24.8 Å². The number of halogens is 2. The molecule has 1 aromatic rings. The second-order valence-electron chi connectivity index (χ2n) is 7.83. The number of carbonyl (C=O) groups is 1. The Morgan fingerprint density at radius 3 is 2.59 bits per heavy atom. The average molecular weight is 416 g/mol. The van der Waals surface area contributed by atoms with Crippen molar-refractivity contribution in [1.29, 1.82) is 0 Å². The molecule has 154 valence electrons. The van der Waals surface area contributed by atoms with Crippen LogP contribution < -0.4 is 10.6 Å². The van der Waals surface area contributed by atoms with Gasteiger partial charge in [0.25, 0.3) is 0 Å². The smallest absolute Gasteiger partial charge is 0.220 e. The molecule has 0 saturated carbocycles. The summed E-state index contributed by atoms with van der Waals surface area (Å²) in [6.45, 7) is 7.38. The molecule has 1 aromatic carbocycles. The number of nitrogens with one attached hydrogen (secondary N) is 2. The van der Waals surface area contributed by atoms with E-state index < -0.39 is 0 Å². The second-order valence-corrected chi connectivity index (χ2v) is 7.83. The van der Waals surface area contributed by atoms with Crippen LogP contribution in [0.25, 0.3) is 0 Å². The van der Waals surface area contributed by atoms with Crippen molar-refractivity contribution in [2.75, 3.05) is 26.2 Å². The van der Waals surface area contributed by atoms with Crippen LogP contribution in [0.4, 0.5) is 0 Å². The number of hydrogen-bond donors (Lipinski definition) is 2. The Labute approximate surface area is 176 Å². The molecular formula is C21H35Cl2N3O. The van der Waals surface area contributed by atoms with Crippen LogP contribution in [-0.4, -0.2) is 43.0 Å². The summed E-state index contributed by atoms with van der Waals surface area (Å²) >= 11 is 0. The number of likely N-dealkylation sites (tertiary alicyclic amines) is 1. The van der Waals surface area contributed by atoms with Crippen LogP contribution in [0.1, 0.15) is 44.6 Å². The van der Waals surface area contributed by atoms with Crippen LogP contribution in [0.2, 0.25) is 0 Å². The molecule has 0 spiro atoms. The quantitative estimate of drug-likeness (QED) is 0.714. The van der Waals surface area contributed by atoms with Gasteiger partial charge in [0.05, 0.1) is 0 Å². The minimum Gasteiger partial charge on any atom is -0.355 e. The summed E-state index contributed by atoms with van der Waals surface area (Å²) in [5.41, 5.74) is 1.36. The maximum atomic E-state index is 12.4. The van der Waals surface area contributed by atoms with E-state index in [1.165, 1.54) is 31.2 Å². The van der Waals surface area contributed by atoms with E-state index in [1.54, 1.807) is 0 Å². The number of carbonyl (C=O) groups excluding carboxylic acids is 1. The minimum absolute atomic E-state index is 0. The van der Waals surface area contributed by atoms with Gasteiger partial charge < -0.3 is 10.6 Å². The van der Waals surface area contributed by atoms with Gasteiger partial charge in [-0.25, -0.2) is 0 Å². The Morgan fingerprint density at radius 1 is 1.19 bits per heavy atom. The zero-order valence-electron chi connectivity index (χ0n) is 16.4. The first kappa shape index (κ1) is 24.2. The van der Waals surface area contributed by atoms with E-state index in [0.29, 0.717) is 24.3 Å². The van der Waals surface area contributed by atoms with Gasteiger partial charge in [0.15, 0.2) is 0 Å². The van der Waals surface area contributed by atoms with Crippen molar-refractivity contribution >= 4 is 30.7 Å². The van der Waals surface area contributed by atoms with Crippen molar-refractivity contribution in [3.8, 4) is 0 Å². The van der Waals surface area contributed by atoms with E-state index in [-0.39, 0.29) is 30.7 Å². The highest BCUT2D eigenvalue weighted by atomic mass is 35.5. The zero-order chi connectivity index (χ0) is 17.5. The van der Waals surface area contributed by atoms with E-state index in [2.05, 4.69) is 52.8 Å². The molecule has 2 atom stereocenters. The highest BCUT2D eigenvalue weighted by Crippen LogP contribution is 2.24. The van der Waals surface area contributed by atoms with Crippen molar-refractivity contribution in [2.24, 2.45) is 11.8 Å². The van der Waals surface area contributed by atoms with Gasteiger partial charge in [-0.1, -0.05) is 37.3 Å². The Kier molecular flexibility index (Phi) is 11.3. The highest BCUT2D eigenvalue weighted by molar-refractivity contribution is 5.85. The fraction of sp³-hybridized carbons (Fsp3) is 0.667. The Morgan fingerprint density at radius 2 is 1.89 bits per heavy atom. The molecule has 1 amide bonds. The summed E-state index contributed by atoms with van der Waals surface area (Å²) in [4.78, 5) is 14.9. The monoisotopic (exact) mass is 415 g/mol. The maximum absolute atomic E-state index is 12.4. The molecule has 6 heteroatoms. The van der Waals surface area contributed by atoms with Crippen molar-refractivity contribution in [1.82, 2.24) is 15.5 Å². The molecular weight excluding hydrogens is 381 g/mol. The third-order valence-electron chi connectivity index (χ3n) is 5.96. The number of piperidine rings is 1. The second kappa shape index (κ2) is 12.6. The topological polar surface area (TPSA) is 44.4 Å². The summed E-state index contributed by atoms with van der Waals surface area (Å²) in [7, 11) is 0. The molecule has 2 fully saturated rings. The minimum atomic E-state index is 0. The van der Waals surface area contributed by atoms with Gasteiger partial charge in [-0.3, -0.25) is 9.69 Å². The molecule has 27 heavy (non-hydrogen) atoms. The van der Waals surface area contributed by atoms with Gasteiger partial charge in [0.1, 0.15) is 0 Å². The first-order valence-electron chi connectivity index (χ1n) is 9.98. The van der Waals surface area contributed by atoms with Crippen molar-refractivity contribution in [3.63, 3.8) is 0 Å². The predicted molar refractivity (Wildman–Crippen MR) is 117 cm³/mol. The molecule has 0 aromatic heterocycles. The lowest BCUT2D eigenvalue weighted by atomic mass is 9.84. The number of nitrogens with zero attached hydrogens (tertiary/aromatic N) is 1. The van der Waals surface area contributed by atoms with E-state index >= 15 is 0 Å². The molecule has 0 bridgehead atoms. The predicted octanol–water partition coefficient (Wildman–Crippen LogP) is 3.64. The SMILES string of the molecule is CC(CC(=O)NCC1CCCN1Cc1ccccc1)C1CCNCC1.Cl.Cl. The lowest BCUT2D eigenvalue weighted by Gasteiger charge is -2.28. The molecule has 4 nitrogen and oxygen atoms in total. The van der Waals surface area contributed by atoms with Crippen LogP contribution in [0.15, 0.2) is 30.3 Å². The third kappa shape index (κ3) is 7.61. The zero-order valence-corrected chi connectivity index (χ0v) is 18.0. The van der Waals surface area contributed by atoms with Crippen LogP contribution in [0.5, 0.6) is 0 Å². The number of hydrogen-bond acceptors (Lipinski definition) is 3. The number of amides is 1. The number of rotatable bonds is 7. The molecule has 2 saturated heterocycles. The van der Waals surface area contributed by atoms with Crippen LogP contribution >= 0.6 is 24.8 Å². The molecule has 2 heterocycles. The van der Waals surface area contributed by atoms with E-state index in [1.807, 2.05) is 0 Å². The largest absolute Gasteiger partial charge is 0.355 e. The summed E-state index contributed by atoms with van der Waals surface area (Å²) in [5, 5.41) is 6.62. The van der Waals surface area contributed by atoms with Gasteiger partial charge in [0, 0.05) is 25.6 Å². The van der Waals surface area contributed by atoms with Crippen LogP contribution in [-0.2, 0) is 11.3 Å². The lowest BCUT2D eigenvalue weighted by Crippen LogP contribution is -2.40. The fourth-order valence-corrected chi connectivity index (χ4v) is 4.33. The van der Waals surface area contributed by atoms with E-state index in [4.69, 9.17) is 0 Å². The van der Waals surface area contributed by atoms with Gasteiger partial charge >= 0.3 is 0 Å². The van der Waals surface area contributed by atoms with Gasteiger partial charge in [0.2, 0.25) is 5.91 Å². The van der Waals surface area contributed by atoms with Crippen molar-refractivity contribution in [2.45, 2.75) is 51.6 Å². The highest BCUT2D eigenvalue weighted by Gasteiger charge is 2.26. The molecule has 3 rings (SSSR count). The molecule has 2 aliphatic rings. The molecule has 0 radical (unpaired) electrons. The normalized spacial score (nSPS) is 21.7. The van der Waals surface area contributed by atoms with Crippen molar-refractivity contribution in [3.05, 3.63) is 35.9 Å². The summed E-state index contributed by atoms with van der Waals surface area (Å²) in [6, 6.07) is 11.1. The summed E-state index contributed by atoms with van der Waals surface area (Å²) in [5.74, 6) is 1.43.